The molecule has 0 spiro atoms. The van der Waals surface area contributed by atoms with E-state index in [1.165, 1.54) is 16.7 Å². The van der Waals surface area contributed by atoms with Crippen LogP contribution in [-0.4, -0.2) is 175 Å². The van der Waals surface area contributed by atoms with Crippen molar-refractivity contribution in [3.05, 3.63) is 0 Å². The Labute approximate surface area is 365 Å². The number of aliphatic carboxylic acids is 4. The molecule has 8 atom stereocenters. The maximum atomic E-state index is 13.9. The van der Waals surface area contributed by atoms with Crippen LogP contribution in [0.25, 0.3) is 0 Å². The summed E-state index contributed by atoms with van der Waals surface area (Å²) in [4.78, 5) is 154. The number of nitrogens with zero attached hydrogens (tertiary/aromatic N) is 2. The lowest BCUT2D eigenvalue weighted by Gasteiger charge is -2.32. The van der Waals surface area contributed by atoms with E-state index in [1.807, 2.05) is 5.32 Å². The van der Waals surface area contributed by atoms with E-state index in [2.05, 4.69) is 21.3 Å². The first kappa shape index (κ1) is 53.1. The van der Waals surface area contributed by atoms with Crippen molar-refractivity contribution in [2.24, 2.45) is 17.4 Å². The molecule has 8 amide bonds. The number of amides is 8. The van der Waals surface area contributed by atoms with E-state index >= 15 is 0 Å². The molecule has 0 bridgehead atoms. The fraction of sp³-hybridized carbons (Fsp3) is 0.676. The second-order valence-electron chi connectivity index (χ2n) is 15.4. The van der Waals surface area contributed by atoms with Crippen LogP contribution in [0.1, 0.15) is 78.1 Å². The van der Waals surface area contributed by atoms with E-state index in [0.29, 0.717) is 12.2 Å². The molecule has 2 fully saturated rings. The average molecular weight is 916 g/mol. The van der Waals surface area contributed by atoms with Gasteiger partial charge in [-0.1, -0.05) is 13.8 Å². The first-order chi connectivity index (χ1) is 29.5. The Morgan fingerprint density at radius 3 is 1.60 bits per heavy atom. The highest BCUT2D eigenvalue weighted by molar-refractivity contribution is 7.98. The number of carbonyl (C=O) groups excluding carboxylic acids is 8. The summed E-state index contributed by atoms with van der Waals surface area (Å²) in [5.41, 5.74) is 10.7. The number of hydrogen-bond donors (Lipinski definition) is 11. The van der Waals surface area contributed by atoms with Crippen molar-refractivity contribution in [3.8, 4) is 0 Å². The van der Waals surface area contributed by atoms with Crippen LogP contribution in [0, 0.1) is 5.92 Å². The largest absolute Gasteiger partial charge is 0.481 e. The van der Waals surface area contributed by atoms with Gasteiger partial charge in [-0.15, -0.1) is 0 Å². The second-order valence-corrected chi connectivity index (χ2v) is 16.4. The molecule has 25 nitrogen and oxygen atoms in total. The highest BCUT2D eigenvalue weighted by Gasteiger charge is 2.43. The molecule has 2 heterocycles. The predicted octanol–water partition coefficient (Wildman–Crippen LogP) is -4.10. The maximum Gasteiger partial charge on any atom is 0.326 e. The van der Waals surface area contributed by atoms with Crippen LogP contribution in [0.5, 0.6) is 0 Å². The Balaban J connectivity index is 2.28. The molecular weight excluding hydrogens is 859 g/mol. The Kier molecular flexibility index (Phi) is 21.2. The zero-order valence-electron chi connectivity index (χ0n) is 35.0. The summed E-state index contributed by atoms with van der Waals surface area (Å²) in [6, 6.07) is -11.8. The molecule has 0 radical (unpaired) electrons. The highest BCUT2D eigenvalue weighted by Crippen LogP contribution is 2.22. The van der Waals surface area contributed by atoms with Crippen LogP contribution in [0.4, 0.5) is 0 Å². The number of rotatable bonds is 26. The molecule has 2 aliphatic heterocycles. The molecule has 0 aromatic rings. The summed E-state index contributed by atoms with van der Waals surface area (Å²) in [5, 5.41) is 49.1. The Morgan fingerprint density at radius 2 is 1.13 bits per heavy atom. The fourth-order valence-corrected chi connectivity index (χ4v) is 7.43. The van der Waals surface area contributed by atoms with Gasteiger partial charge in [-0.25, -0.2) is 4.79 Å². The van der Waals surface area contributed by atoms with Gasteiger partial charge in [-0.3, -0.25) is 52.7 Å². The monoisotopic (exact) mass is 915 g/mol. The molecule has 63 heavy (non-hydrogen) atoms. The van der Waals surface area contributed by atoms with E-state index in [1.54, 1.807) is 20.1 Å². The van der Waals surface area contributed by atoms with E-state index in [-0.39, 0.29) is 38.8 Å². The van der Waals surface area contributed by atoms with Crippen molar-refractivity contribution in [3.63, 3.8) is 0 Å². The molecule has 0 saturated carbocycles. The van der Waals surface area contributed by atoms with Crippen molar-refractivity contribution < 1.29 is 78.0 Å². The standard InChI is InChI=1S/C37H57N9O16S/c1-17(2)29(44-33(57)24-7-5-11-45(24)35(59)20(10-13-63-3)41-30(54)18(38)14-27(50)51)34(58)42-21(16-28(52)53)36(60)46-12-4-6-23(46)32(56)40-19(8-9-26(48)49)31(55)43-22(37(61)62)15-25(39)47/h17-24,29H,4-16,38H2,1-3H3,(H2,39,47)(H,40,56)(H,41,54)(H,42,58)(H,43,55)(H,44,57)(H,48,49)(H,50,51)(H,52,53)(H,61,62)/t18-,19-,20-,21-,22-,23-,24-,29-/m0/s1. The zero-order chi connectivity index (χ0) is 47.7. The number of likely N-dealkylation sites (tertiary alicyclic amines) is 2. The number of nitrogens with one attached hydrogen (secondary N) is 5. The third-order valence-corrected chi connectivity index (χ3v) is 10.8. The van der Waals surface area contributed by atoms with E-state index in [4.69, 9.17) is 16.6 Å². The summed E-state index contributed by atoms with van der Waals surface area (Å²) in [6.07, 6.45) is -1.10. The molecule has 0 aromatic carbocycles. The molecule has 0 unspecified atom stereocenters. The molecule has 2 rings (SSSR count). The molecule has 26 heteroatoms. The Hall–Kier alpha value is -6.05. The summed E-state index contributed by atoms with van der Waals surface area (Å²) < 4.78 is 0. The molecule has 0 aromatic heterocycles. The van der Waals surface area contributed by atoms with E-state index < -0.39 is 157 Å². The van der Waals surface area contributed by atoms with Gasteiger partial charge in [-0.2, -0.15) is 11.8 Å². The first-order valence-electron chi connectivity index (χ1n) is 20.0. The van der Waals surface area contributed by atoms with Crippen molar-refractivity contribution in [2.45, 2.75) is 126 Å². The van der Waals surface area contributed by atoms with Crippen LogP contribution in [0.15, 0.2) is 0 Å². The minimum atomic E-state index is -1.82. The smallest absolute Gasteiger partial charge is 0.326 e. The topological polar surface area (TPSA) is 404 Å². The van der Waals surface area contributed by atoms with E-state index in [9.17, 15) is 72.9 Å². The first-order valence-corrected chi connectivity index (χ1v) is 21.4. The summed E-state index contributed by atoms with van der Waals surface area (Å²) in [5.74, 6) is -13.7. The van der Waals surface area contributed by atoms with Crippen LogP contribution < -0.4 is 38.1 Å². The third-order valence-electron chi connectivity index (χ3n) is 10.2. The number of carboxylic acid groups (broad SMARTS) is 4. The normalized spacial score (nSPS) is 18.7. The average Bonchev–Trinajstić information content (AvgIpc) is 3.89. The zero-order valence-corrected chi connectivity index (χ0v) is 35.9. The molecule has 0 aliphatic carbocycles. The lowest BCUT2D eigenvalue weighted by molar-refractivity contribution is -0.147. The van der Waals surface area contributed by atoms with Crippen molar-refractivity contribution in [1.29, 1.82) is 0 Å². The van der Waals surface area contributed by atoms with E-state index in [0.717, 1.165) is 4.90 Å². The minimum absolute atomic E-state index is 0.0176. The van der Waals surface area contributed by atoms with Gasteiger partial charge in [0.05, 0.1) is 25.3 Å². The molecule has 352 valence electrons. The summed E-state index contributed by atoms with van der Waals surface area (Å²) in [7, 11) is 0. The number of hydrogen-bond acceptors (Lipinski definition) is 14. The predicted molar refractivity (Wildman–Crippen MR) is 218 cm³/mol. The summed E-state index contributed by atoms with van der Waals surface area (Å²) >= 11 is 1.37. The van der Waals surface area contributed by atoms with Crippen LogP contribution in [0.3, 0.4) is 0 Å². The second kappa shape index (κ2) is 25.2. The third kappa shape index (κ3) is 16.6. The number of carbonyl (C=O) groups is 12. The van der Waals surface area contributed by atoms with Crippen LogP contribution >= 0.6 is 11.8 Å². The van der Waals surface area contributed by atoms with Crippen molar-refractivity contribution in [1.82, 2.24) is 36.4 Å². The van der Waals surface area contributed by atoms with Gasteiger partial charge in [0, 0.05) is 19.5 Å². The summed E-state index contributed by atoms with van der Waals surface area (Å²) in [6.45, 7) is 3.09. The van der Waals surface area contributed by atoms with Crippen molar-refractivity contribution in [2.75, 3.05) is 25.1 Å². The van der Waals surface area contributed by atoms with Gasteiger partial charge in [0.2, 0.25) is 47.3 Å². The highest BCUT2D eigenvalue weighted by atomic mass is 32.2. The van der Waals surface area contributed by atoms with Gasteiger partial charge in [0.25, 0.3) is 0 Å². The fourth-order valence-electron chi connectivity index (χ4n) is 6.96. The lowest BCUT2D eigenvalue weighted by atomic mass is 10.0. The van der Waals surface area contributed by atoms with Gasteiger partial charge in [-0.05, 0) is 56.5 Å². The molecule has 2 saturated heterocycles. The molecule has 2 aliphatic rings. The van der Waals surface area contributed by atoms with Crippen LogP contribution in [0.2, 0.25) is 0 Å². The van der Waals surface area contributed by atoms with Crippen molar-refractivity contribution >= 4 is 82.9 Å². The minimum Gasteiger partial charge on any atom is -0.481 e. The maximum absolute atomic E-state index is 13.9. The lowest BCUT2D eigenvalue weighted by Crippen LogP contribution is -2.61. The molecule has 13 N–H and O–H groups in total. The number of carboxylic acids is 4. The SMILES string of the molecule is CSCC[C@H](NC(=O)[C@@H](N)CC(=O)O)C(=O)N1CCC[C@H]1C(=O)N[C@H](C(=O)N[C@@H](CC(=O)O)C(=O)N1CCC[C@H]1C(=O)N[C@@H](CCC(=O)O)C(=O)N[C@@H](CC(N)=O)C(=O)O)C(C)C. The number of thioether (sulfide) groups is 1. The van der Waals surface area contributed by atoms with Gasteiger partial charge >= 0.3 is 23.9 Å². The Morgan fingerprint density at radius 1 is 0.619 bits per heavy atom. The number of primary amides is 1. The molecular formula is C37H57N9O16S. The van der Waals surface area contributed by atoms with Gasteiger partial charge < -0.3 is 68.3 Å². The van der Waals surface area contributed by atoms with Gasteiger partial charge in [0.1, 0.15) is 42.3 Å². The quantitative estimate of drug-likeness (QED) is 0.0393. The van der Waals surface area contributed by atoms with Gasteiger partial charge in [0.15, 0.2) is 0 Å². The number of nitrogens with two attached hydrogens (primary N) is 2. The van der Waals surface area contributed by atoms with Crippen LogP contribution in [-0.2, 0) is 57.5 Å². The Bertz CT molecular complexity index is 1770.